The van der Waals surface area contributed by atoms with Gasteiger partial charge in [-0.1, -0.05) is 65.1 Å². The molecule has 0 aromatic heterocycles. The lowest BCUT2D eigenvalue weighted by molar-refractivity contribution is -0.143. The molecule has 6 nitrogen and oxygen atoms in total. The Morgan fingerprint density at radius 3 is 1.92 bits per heavy atom. The van der Waals surface area contributed by atoms with Gasteiger partial charge in [-0.3, -0.25) is 15.4 Å². The van der Waals surface area contributed by atoms with Crippen molar-refractivity contribution in [3.8, 4) is 5.75 Å². The summed E-state index contributed by atoms with van der Waals surface area (Å²) in [5.74, 6) is 0.442. The zero-order valence-corrected chi connectivity index (χ0v) is 22.6. The molecule has 0 radical (unpaired) electrons. The molecule has 2 atom stereocenters. The number of carbonyl (C=O) groups excluding carboxylic acids is 1. The Hall–Kier alpha value is -2.32. The van der Waals surface area contributed by atoms with Crippen LogP contribution in [0.4, 0.5) is 0 Å². The van der Waals surface area contributed by atoms with E-state index in [0.29, 0.717) is 59.3 Å². The Morgan fingerprint density at radius 1 is 0.892 bits per heavy atom. The summed E-state index contributed by atoms with van der Waals surface area (Å²) >= 11 is 18.8. The maximum Gasteiger partial charge on any atom is 0.262 e. The van der Waals surface area contributed by atoms with Gasteiger partial charge in [0.15, 0.2) is 5.66 Å². The van der Waals surface area contributed by atoms with E-state index in [-0.39, 0.29) is 18.0 Å². The van der Waals surface area contributed by atoms with Crippen LogP contribution in [-0.2, 0) is 15.2 Å². The van der Waals surface area contributed by atoms with Crippen molar-refractivity contribution in [2.75, 3.05) is 32.9 Å². The van der Waals surface area contributed by atoms with E-state index in [1.165, 1.54) is 0 Å². The lowest BCUT2D eigenvalue weighted by Crippen LogP contribution is -2.60. The van der Waals surface area contributed by atoms with Crippen molar-refractivity contribution in [2.24, 2.45) is 0 Å². The van der Waals surface area contributed by atoms with E-state index >= 15 is 0 Å². The zero-order valence-electron chi connectivity index (χ0n) is 20.3. The topological polar surface area (TPSA) is 62.8 Å². The minimum Gasteiger partial charge on any atom is -0.493 e. The molecule has 2 saturated heterocycles. The van der Waals surface area contributed by atoms with Crippen LogP contribution in [0.5, 0.6) is 5.75 Å². The van der Waals surface area contributed by atoms with Crippen molar-refractivity contribution in [2.45, 2.75) is 24.7 Å². The van der Waals surface area contributed by atoms with E-state index in [1.807, 2.05) is 66.4 Å². The minimum atomic E-state index is -1.29. The number of hydrogen-bond donors (Lipinski definition) is 2. The molecule has 2 N–H and O–H groups in total. The van der Waals surface area contributed by atoms with E-state index in [4.69, 9.17) is 44.3 Å². The largest absolute Gasteiger partial charge is 0.493 e. The third-order valence-corrected chi connectivity index (χ3v) is 7.54. The molecule has 0 aliphatic carbocycles. The van der Waals surface area contributed by atoms with Crippen LogP contribution in [0.1, 0.15) is 35.7 Å². The molecule has 0 spiro atoms. The third kappa shape index (κ3) is 5.32. The van der Waals surface area contributed by atoms with E-state index in [9.17, 15) is 4.79 Å². The Morgan fingerprint density at radius 2 is 1.41 bits per heavy atom. The Balaban J connectivity index is 1.68. The van der Waals surface area contributed by atoms with Crippen molar-refractivity contribution >= 4 is 40.7 Å². The van der Waals surface area contributed by atoms with Gasteiger partial charge in [-0.15, -0.1) is 0 Å². The fraction of sp³-hybridized carbons (Fsp3) is 0.321. The molecule has 2 fully saturated rings. The molecule has 0 bridgehead atoms. The number of rotatable bonds is 6. The van der Waals surface area contributed by atoms with Gasteiger partial charge >= 0.3 is 0 Å². The second kappa shape index (κ2) is 11.2. The summed E-state index contributed by atoms with van der Waals surface area (Å²) in [6, 6.07) is 20.2. The first kappa shape index (κ1) is 26.3. The highest BCUT2D eigenvalue weighted by atomic mass is 35.5. The average molecular weight is 561 g/mol. The number of carbonyl (C=O) groups is 1. The lowest BCUT2D eigenvalue weighted by Gasteiger charge is -2.38. The molecule has 3 aromatic rings. The summed E-state index contributed by atoms with van der Waals surface area (Å²) in [6.07, 6.45) is 0. The van der Waals surface area contributed by atoms with Crippen molar-refractivity contribution in [3.63, 3.8) is 0 Å². The van der Waals surface area contributed by atoms with Gasteiger partial charge in [0.1, 0.15) is 5.75 Å². The van der Waals surface area contributed by atoms with Crippen LogP contribution in [0.15, 0.2) is 66.7 Å². The fourth-order valence-corrected chi connectivity index (χ4v) is 5.46. The van der Waals surface area contributed by atoms with E-state index in [1.54, 1.807) is 12.1 Å². The van der Waals surface area contributed by atoms with Crippen LogP contribution >= 0.6 is 34.8 Å². The highest BCUT2D eigenvalue weighted by molar-refractivity contribution is 6.31. The quantitative estimate of drug-likeness (QED) is 0.403. The number of nitrogens with zero attached hydrogens (tertiary/aromatic N) is 1. The van der Waals surface area contributed by atoms with Crippen molar-refractivity contribution < 1.29 is 14.3 Å². The molecule has 1 amide bonds. The Labute approximate surface area is 231 Å². The zero-order chi connectivity index (χ0) is 26.0. The molecule has 194 valence electrons. The molecule has 0 saturated carbocycles. The smallest absolute Gasteiger partial charge is 0.262 e. The summed E-state index contributed by atoms with van der Waals surface area (Å²) in [7, 11) is 0. The van der Waals surface area contributed by atoms with Gasteiger partial charge < -0.3 is 14.4 Å². The van der Waals surface area contributed by atoms with Gasteiger partial charge in [0, 0.05) is 33.7 Å². The Bertz CT molecular complexity index is 1190. The molecule has 3 aromatic carbocycles. The predicted octanol–water partition coefficient (Wildman–Crippen LogP) is 5.73. The number of amides is 1. The van der Waals surface area contributed by atoms with Crippen LogP contribution in [0.3, 0.4) is 0 Å². The molecular weight excluding hydrogens is 533 g/mol. The van der Waals surface area contributed by atoms with Gasteiger partial charge in [-0.25, -0.2) is 0 Å². The maximum atomic E-state index is 14.4. The molecule has 2 aliphatic rings. The van der Waals surface area contributed by atoms with Crippen molar-refractivity contribution in [1.82, 2.24) is 15.5 Å². The van der Waals surface area contributed by atoms with Crippen LogP contribution < -0.4 is 15.4 Å². The first-order valence-corrected chi connectivity index (χ1v) is 13.4. The van der Waals surface area contributed by atoms with Crippen LogP contribution in [0.2, 0.25) is 15.1 Å². The van der Waals surface area contributed by atoms with Crippen LogP contribution in [0.25, 0.3) is 0 Å². The molecule has 2 unspecified atom stereocenters. The standard InChI is InChI=1S/C28H28Cl3N3O3/c1-2-37-24-17-22(31)11-12-23(24)28(27(35)34-13-15-36-16-14-34)32-25(18-3-7-20(29)8-4-18)26(33-28)19-5-9-21(30)10-6-19/h3-12,17,25-26,32-33H,2,13-16H2,1H3. The maximum absolute atomic E-state index is 14.4. The van der Waals surface area contributed by atoms with Crippen LogP contribution in [-0.4, -0.2) is 43.7 Å². The van der Waals surface area contributed by atoms with Gasteiger partial charge in [0.05, 0.1) is 31.9 Å². The number of morpholine rings is 1. The monoisotopic (exact) mass is 559 g/mol. The molecule has 9 heteroatoms. The molecular formula is C28H28Cl3N3O3. The van der Waals surface area contributed by atoms with Gasteiger partial charge in [-0.2, -0.15) is 0 Å². The van der Waals surface area contributed by atoms with Gasteiger partial charge in [-0.05, 0) is 54.4 Å². The second-order valence-electron chi connectivity index (χ2n) is 9.08. The summed E-state index contributed by atoms with van der Waals surface area (Å²) in [6.45, 7) is 4.31. The first-order chi connectivity index (χ1) is 17.9. The fourth-order valence-electron chi connectivity index (χ4n) is 5.05. The van der Waals surface area contributed by atoms with E-state index in [0.717, 1.165) is 11.1 Å². The summed E-state index contributed by atoms with van der Waals surface area (Å²) < 4.78 is 11.5. The number of hydrogen-bond acceptors (Lipinski definition) is 5. The molecule has 2 aliphatic heterocycles. The normalized spacial score (nSPS) is 23.7. The van der Waals surface area contributed by atoms with Gasteiger partial charge in [0.2, 0.25) is 0 Å². The van der Waals surface area contributed by atoms with Gasteiger partial charge in [0.25, 0.3) is 5.91 Å². The number of benzene rings is 3. The van der Waals surface area contributed by atoms with Crippen molar-refractivity contribution in [1.29, 1.82) is 0 Å². The number of halogens is 3. The lowest BCUT2D eigenvalue weighted by atomic mass is 9.95. The van der Waals surface area contributed by atoms with Crippen molar-refractivity contribution in [3.05, 3.63) is 98.5 Å². The number of nitrogens with one attached hydrogen (secondary N) is 2. The minimum absolute atomic E-state index is 0.102. The summed E-state index contributed by atoms with van der Waals surface area (Å²) in [5.41, 5.74) is 1.35. The molecule has 2 heterocycles. The summed E-state index contributed by atoms with van der Waals surface area (Å²) in [4.78, 5) is 16.3. The molecule has 37 heavy (non-hydrogen) atoms. The molecule has 5 rings (SSSR count). The number of ether oxygens (including phenoxy) is 2. The highest BCUT2D eigenvalue weighted by Gasteiger charge is 2.54. The predicted molar refractivity (Wildman–Crippen MR) is 146 cm³/mol. The highest BCUT2D eigenvalue weighted by Crippen LogP contribution is 2.45. The third-order valence-electron chi connectivity index (χ3n) is 6.80. The van der Waals surface area contributed by atoms with Crippen LogP contribution in [0, 0.1) is 0 Å². The Kier molecular flexibility index (Phi) is 7.96. The first-order valence-electron chi connectivity index (χ1n) is 12.3. The summed E-state index contributed by atoms with van der Waals surface area (Å²) in [5, 5.41) is 9.20. The SMILES string of the molecule is CCOc1cc(Cl)ccc1C1(C(=O)N2CCOCC2)NC(c2ccc(Cl)cc2)C(c2ccc(Cl)cc2)N1. The van der Waals surface area contributed by atoms with E-state index in [2.05, 4.69) is 10.6 Å². The van der Waals surface area contributed by atoms with E-state index < -0.39 is 5.66 Å². The second-order valence-corrected chi connectivity index (χ2v) is 10.4. The average Bonchev–Trinajstić information content (AvgIpc) is 3.31.